The van der Waals surface area contributed by atoms with Crippen LogP contribution in [0.2, 0.25) is 0 Å². The Morgan fingerprint density at radius 1 is 1.22 bits per heavy atom. The standard InChI is InChI=1S/C11H12F3NO3/c1-10(2,3)18-9-5-4-7(11(12,13)14)6-8(9)15(16)17/h4-6H,1-3H3. The van der Waals surface area contributed by atoms with Crippen LogP contribution in [0.5, 0.6) is 5.75 Å². The fraction of sp³-hybridized carbons (Fsp3) is 0.455. The van der Waals surface area contributed by atoms with E-state index in [1.807, 2.05) is 0 Å². The van der Waals surface area contributed by atoms with Crippen molar-refractivity contribution in [1.29, 1.82) is 0 Å². The van der Waals surface area contributed by atoms with E-state index in [2.05, 4.69) is 0 Å². The molecule has 0 unspecified atom stereocenters. The Bertz CT molecular complexity index is 464. The molecule has 0 aliphatic rings. The highest BCUT2D eigenvalue weighted by Crippen LogP contribution is 2.37. The van der Waals surface area contributed by atoms with Crippen molar-refractivity contribution in [2.24, 2.45) is 0 Å². The van der Waals surface area contributed by atoms with Gasteiger partial charge in [-0.3, -0.25) is 10.1 Å². The average Bonchev–Trinajstić information content (AvgIpc) is 2.13. The summed E-state index contributed by atoms with van der Waals surface area (Å²) in [6, 6.07) is 2.20. The summed E-state index contributed by atoms with van der Waals surface area (Å²) in [5.74, 6) is -0.180. The molecule has 0 heterocycles. The van der Waals surface area contributed by atoms with Crippen molar-refractivity contribution in [2.45, 2.75) is 32.5 Å². The minimum absolute atomic E-state index is 0.180. The zero-order chi connectivity index (χ0) is 14.1. The van der Waals surface area contributed by atoms with Gasteiger partial charge in [-0.1, -0.05) is 0 Å². The molecular formula is C11H12F3NO3. The van der Waals surface area contributed by atoms with E-state index in [0.29, 0.717) is 6.07 Å². The number of benzene rings is 1. The van der Waals surface area contributed by atoms with Gasteiger partial charge in [0.25, 0.3) is 0 Å². The SMILES string of the molecule is CC(C)(C)Oc1ccc(C(F)(F)F)cc1[N+](=O)[O-]. The van der Waals surface area contributed by atoms with Crippen molar-refractivity contribution in [3.05, 3.63) is 33.9 Å². The van der Waals surface area contributed by atoms with Gasteiger partial charge in [0.15, 0.2) is 5.75 Å². The predicted molar refractivity (Wildman–Crippen MR) is 58.5 cm³/mol. The average molecular weight is 263 g/mol. The summed E-state index contributed by atoms with van der Waals surface area (Å²) in [4.78, 5) is 9.85. The number of nitrogens with zero attached hydrogens (tertiary/aromatic N) is 1. The van der Waals surface area contributed by atoms with Gasteiger partial charge < -0.3 is 4.74 Å². The molecule has 0 spiro atoms. The maximum atomic E-state index is 12.4. The molecule has 0 saturated heterocycles. The maximum Gasteiger partial charge on any atom is 0.416 e. The lowest BCUT2D eigenvalue weighted by Gasteiger charge is -2.21. The molecular weight excluding hydrogens is 251 g/mol. The van der Waals surface area contributed by atoms with Crippen molar-refractivity contribution < 1.29 is 22.8 Å². The molecule has 0 radical (unpaired) electrons. The van der Waals surface area contributed by atoms with Crippen molar-refractivity contribution in [3.8, 4) is 5.75 Å². The summed E-state index contributed by atoms with van der Waals surface area (Å²) in [5, 5.41) is 10.7. The second kappa shape index (κ2) is 4.47. The number of alkyl halides is 3. The van der Waals surface area contributed by atoms with Gasteiger partial charge in [-0.15, -0.1) is 0 Å². The highest BCUT2D eigenvalue weighted by atomic mass is 19.4. The monoisotopic (exact) mass is 263 g/mol. The van der Waals surface area contributed by atoms with E-state index < -0.39 is 28.0 Å². The van der Waals surface area contributed by atoms with Gasteiger partial charge in [0, 0.05) is 6.07 Å². The Morgan fingerprint density at radius 2 is 1.78 bits per heavy atom. The van der Waals surface area contributed by atoms with Crippen LogP contribution in [-0.4, -0.2) is 10.5 Å². The van der Waals surface area contributed by atoms with Crippen LogP contribution in [0.15, 0.2) is 18.2 Å². The van der Waals surface area contributed by atoms with Crippen LogP contribution in [0.25, 0.3) is 0 Å². The normalized spacial score (nSPS) is 12.3. The first-order valence-electron chi connectivity index (χ1n) is 5.05. The van der Waals surface area contributed by atoms with Gasteiger partial charge in [-0.05, 0) is 32.9 Å². The van der Waals surface area contributed by atoms with Crippen molar-refractivity contribution in [3.63, 3.8) is 0 Å². The number of halogens is 3. The molecule has 1 rings (SSSR count). The van der Waals surface area contributed by atoms with E-state index in [4.69, 9.17) is 4.74 Å². The van der Waals surface area contributed by atoms with E-state index in [9.17, 15) is 23.3 Å². The van der Waals surface area contributed by atoms with Gasteiger partial charge in [0.1, 0.15) is 5.60 Å². The Kier molecular flexibility index (Phi) is 3.54. The van der Waals surface area contributed by atoms with Crippen LogP contribution in [0, 0.1) is 10.1 Å². The molecule has 7 heteroatoms. The zero-order valence-electron chi connectivity index (χ0n) is 10.0. The summed E-state index contributed by atoms with van der Waals surface area (Å²) in [7, 11) is 0. The van der Waals surface area contributed by atoms with Crippen LogP contribution in [0.4, 0.5) is 18.9 Å². The van der Waals surface area contributed by atoms with E-state index in [-0.39, 0.29) is 5.75 Å². The Morgan fingerprint density at radius 3 is 2.17 bits per heavy atom. The fourth-order valence-corrected chi connectivity index (χ4v) is 1.25. The summed E-state index contributed by atoms with van der Waals surface area (Å²) in [6.07, 6.45) is -4.62. The van der Waals surface area contributed by atoms with E-state index >= 15 is 0 Å². The summed E-state index contributed by atoms with van der Waals surface area (Å²) in [6.45, 7) is 4.94. The van der Waals surface area contributed by atoms with E-state index in [1.165, 1.54) is 0 Å². The molecule has 0 aliphatic carbocycles. The third kappa shape index (κ3) is 3.61. The number of nitro groups is 1. The second-order valence-electron chi connectivity index (χ2n) is 4.65. The van der Waals surface area contributed by atoms with Gasteiger partial charge in [-0.25, -0.2) is 0 Å². The lowest BCUT2D eigenvalue weighted by Crippen LogP contribution is -2.23. The van der Waals surface area contributed by atoms with E-state index in [0.717, 1.165) is 12.1 Å². The quantitative estimate of drug-likeness (QED) is 0.602. The van der Waals surface area contributed by atoms with Gasteiger partial charge in [0.05, 0.1) is 10.5 Å². The molecule has 0 amide bonds. The largest absolute Gasteiger partial charge is 0.481 e. The molecule has 100 valence electrons. The third-order valence-corrected chi connectivity index (χ3v) is 1.90. The predicted octanol–water partition coefficient (Wildman–Crippen LogP) is 3.79. The molecule has 0 aromatic heterocycles. The van der Waals surface area contributed by atoms with Crippen LogP contribution >= 0.6 is 0 Å². The zero-order valence-corrected chi connectivity index (χ0v) is 10.0. The Balaban J connectivity index is 3.26. The van der Waals surface area contributed by atoms with Crippen LogP contribution in [-0.2, 0) is 6.18 Å². The number of nitro benzene ring substituents is 1. The minimum atomic E-state index is -4.62. The Hall–Kier alpha value is -1.79. The van der Waals surface area contributed by atoms with Crippen molar-refractivity contribution in [2.75, 3.05) is 0 Å². The highest BCUT2D eigenvalue weighted by molar-refractivity contribution is 5.49. The number of hydrogen-bond donors (Lipinski definition) is 0. The lowest BCUT2D eigenvalue weighted by molar-refractivity contribution is -0.386. The van der Waals surface area contributed by atoms with E-state index in [1.54, 1.807) is 20.8 Å². The van der Waals surface area contributed by atoms with Crippen LogP contribution in [0.3, 0.4) is 0 Å². The summed E-state index contributed by atoms with van der Waals surface area (Å²) >= 11 is 0. The molecule has 18 heavy (non-hydrogen) atoms. The lowest BCUT2D eigenvalue weighted by atomic mass is 10.1. The molecule has 0 bridgehead atoms. The smallest absolute Gasteiger partial charge is 0.416 e. The van der Waals surface area contributed by atoms with Crippen molar-refractivity contribution in [1.82, 2.24) is 0 Å². The minimum Gasteiger partial charge on any atom is -0.481 e. The number of ether oxygens (including phenoxy) is 1. The molecule has 0 saturated carbocycles. The molecule has 1 aromatic rings. The fourth-order valence-electron chi connectivity index (χ4n) is 1.25. The first-order chi connectivity index (χ1) is 8.00. The van der Waals surface area contributed by atoms with Crippen LogP contribution in [0.1, 0.15) is 26.3 Å². The molecule has 1 aromatic carbocycles. The van der Waals surface area contributed by atoms with Crippen molar-refractivity contribution >= 4 is 5.69 Å². The van der Waals surface area contributed by atoms with Crippen LogP contribution < -0.4 is 4.74 Å². The van der Waals surface area contributed by atoms with Gasteiger partial charge >= 0.3 is 11.9 Å². The maximum absolute atomic E-state index is 12.4. The topological polar surface area (TPSA) is 52.4 Å². The molecule has 0 atom stereocenters. The molecule has 4 nitrogen and oxygen atoms in total. The first-order valence-corrected chi connectivity index (χ1v) is 5.05. The summed E-state index contributed by atoms with van der Waals surface area (Å²) in [5.41, 5.74) is -2.50. The highest BCUT2D eigenvalue weighted by Gasteiger charge is 2.33. The third-order valence-electron chi connectivity index (χ3n) is 1.90. The Labute approximate surface area is 102 Å². The van der Waals surface area contributed by atoms with Gasteiger partial charge in [-0.2, -0.15) is 13.2 Å². The summed E-state index contributed by atoms with van der Waals surface area (Å²) < 4.78 is 42.6. The number of hydrogen-bond acceptors (Lipinski definition) is 3. The second-order valence-corrected chi connectivity index (χ2v) is 4.65. The molecule has 0 aliphatic heterocycles. The molecule has 0 N–H and O–H groups in total. The molecule has 0 fully saturated rings. The first kappa shape index (κ1) is 14.3. The van der Waals surface area contributed by atoms with Gasteiger partial charge in [0.2, 0.25) is 0 Å². The number of rotatable bonds is 2.